The minimum atomic E-state index is -0.197. The molecule has 0 aliphatic rings. The number of aryl methyl sites for hydroxylation is 2. The van der Waals surface area contributed by atoms with E-state index in [9.17, 15) is 4.79 Å². The van der Waals surface area contributed by atoms with Crippen LogP contribution in [0.15, 0.2) is 0 Å². The van der Waals surface area contributed by atoms with Crippen LogP contribution in [0.2, 0.25) is 0 Å². The molecular weight excluding hydrogens is 252 g/mol. The topological polar surface area (TPSA) is 98.7 Å². The van der Waals surface area contributed by atoms with Gasteiger partial charge in [0.05, 0.1) is 17.1 Å². The van der Waals surface area contributed by atoms with Crippen molar-refractivity contribution >= 4 is 28.1 Å². The number of aromatic nitrogens is 4. The Morgan fingerprint density at radius 1 is 1.39 bits per heavy atom. The van der Waals surface area contributed by atoms with Crippen LogP contribution >= 0.6 is 11.3 Å². The van der Waals surface area contributed by atoms with Crippen molar-refractivity contribution in [2.75, 3.05) is 11.1 Å². The lowest BCUT2D eigenvalue weighted by Crippen LogP contribution is -2.20. The molecule has 0 aliphatic carbocycles. The van der Waals surface area contributed by atoms with Crippen LogP contribution in [-0.4, -0.2) is 25.9 Å². The predicted octanol–water partition coefficient (Wildman–Crippen LogP) is 0.881. The third kappa shape index (κ3) is 2.48. The molecule has 0 saturated carbocycles. The van der Waals surface area contributed by atoms with Gasteiger partial charge in [0.25, 0.3) is 0 Å². The summed E-state index contributed by atoms with van der Waals surface area (Å²) in [5.74, 6) is -0.197. The van der Waals surface area contributed by atoms with E-state index in [1.54, 1.807) is 4.68 Å². The Hall–Kier alpha value is -1.96. The fourth-order valence-electron chi connectivity index (χ4n) is 1.51. The number of hydrogen-bond acceptors (Lipinski definition) is 6. The van der Waals surface area contributed by atoms with Gasteiger partial charge in [0.1, 0.15) is 11.6 Å². The summed E-state index contributed by atoms with van der Waals surface area (Å²) in [5.41, 5.74) is 7.94. The third-order valence-electron chi connectivity index (χ3n) is 2.50. The van der Waals surface area contributed by atoms with Gasteiger partial charge in [-0.1, -0.05) is 11.3 Å². The molecule has 2 aromatic rings. The van der Waals surface area contributed by atoms with Gasteiger partial charge in [0, 0.05) is 0 Å². The van der Waals surface area contributed by atoms with Gasteiger partial charge < -0.3 is 5.73 Å². The number of amides is 1. The first-order valence-electron chi connectivity index (χ1n) is 5.37. The Morgan fingerprint density at radius 3 is 2.61 bits per heavy atom. The van der Waals surface area contributed by atoms with Crippen LogP contribution in [0.1, 0.15) is 16.4 Å². The molecule has 0 fully saturated rings. The van der Waals surface area contributed by atoms with E-state index in [0.717, 1.165) is 16.4 Å². The quantitative estimate of drug-likeness (QED) is 0.859. The molecule has 0 atom stereocenters. The highest BCUT2D eigenvalue weighted by Crippen LogP contribution is 2.16. The van der Waals surface area contributed by atoms with E-state index >= 15 is 0 Å². The van der Waals surface area contributed by atoms with Crippen molar-refractivity contribution in [3.63, 3.8) is 0 Å². The first kappa shape index (κ1) is 12.5. The van der Waals surface area contributed by atoms with E-state index in [2.05, 4.69) is 20.6 Å². The fraction of sp³-hybridized carbons (Fsp3) is 0.400. The van der Waals surface area contributed by atoms with Crippen molar-refractivity contribution in [2.24, 2.45) is 0 Å². The van der Waals surface area contributed by atoms with Crippen LogP contribution < -0.4 is 11.1 Å². The highest BCUT2D eigenvalue weighted by molar-refractivity contribution is 7.15. The second-order valence-corrected chi connectivity index (χ2v) is 5.10. The lowest BCUT2D eigenvalue weighted by Gasteiger charge is -2.03. The summed E-state index contributed by atoms with van der Waals surface area (Å²) >= 11 is 1.33. The zero-order chi connectivity index (χ0) is 13.3. The molecule has 2 aromatic heterocycles. The van der Waals surface area contributed by atoms with Crippen molar-refractivity contribution in [1.29, 1.82) is 0 Å². The minimum absolute atomic E-state index is 0.114. The van der Waals surface area contributed by atoms with E-state index in [4.69, 9.17) is 5.73 Å². The summed E-state index contributed by atoms with van der Waals surface area (Å²) in [5, 5.41) is 15.8. The molecule has 8 heteroatoms. The second kappa shape index (κ2) is 4.73. The maximum absolute atomic E-state index is 11.8. The van der Waals surface area contributed by atoms with E-state index in [-0.39, 0.29) is 12.5 Å². The normalized spacial score (nSPS) is 10.6. The number of anilines is 2. The number of nitrogens with one attached hydrogen (secondary N) is 1. The lowest BCUT2D eigenvalue weighted by atomic mass is 10.3. The monoisotopic (exact) mass is 266 g/mol. The number of carbonyl (C=O) groups is 1. The largest absolute Gasteiger partial charge is 0.396 e. The molecule has 1 amide bonds. The van der Waals surface area contributed by atoms with E-state index < -0.39 is 0 Å². The standard InChI is InChI=1S/C10H14N6OS/c1-5-9(11)6(2)16(15-5)4-8(17)12-10-14-13-7(3)18-10/h4,11H2,1-3H3,(H,12,14,17). The molecular formula is C10H14N6OS. The summed E-state index contributed by atoms with van der Waals surface area (Å²) in [6.07, 6.45) is 0. The predicted molar refractivity (Wildman–Crippen MR) is 69.4 cm³/mol. The van der Waals surface area contributed by atoms with Gasteiger partial charge in [-0.15, -0.1) is 10.2 Å². The van der Waals surface area contributed by atoms with Crippen LogP contribution in [0.4, 0.5) is 10.8 Å². The summed E-state index contributed by atoms with van der Waals surface area (Å²) in [6.45, 7) is 5.58. The summed E-state index contributed by atoms with van der Waals surface area (Å²) in [7, 11) is 0. The van der Waals surface area contributed by atoms with Gasteiger partial charge in [-0.25, -0.2) is 0 Å². The van der Waals surface area contributed by atoms with Gasteiger partial charge in [-0.05, 0) is 20.8 Å². The Bertz CT molecular complexity index is 587. The number of rotatable bonds is 3. The van der Waals surface area contributed by atoms with E-state index in [1.807, 2.05) is 20.8 Å². The molecule has 0 spiro atoms. The number of nitrogens with zero attached hydrogens (tertiary/aromatic N) is 4. The fourth-order valence-corrected chi connectivity index (χ4v) is 2.11. The molecule has 0 aliphatic heterocycles. The molecule has 3 N–H and O–H groups in total. The van der Waals surface area contributed by atoms with Crippen molar-refractivity contribution in [3.05, 3.63) is 16.4 Å². The van der Waals surface area contributed by atoms with Crippen LogP contribution in [0, 0.1) is 20.8 Å². The van der Waals surface area contributed by atoms with Crippen molar-refractivity contribution in [3.8, 4) is 0 Å². The average Bonchev–Trinajstić information content (AvgIpc) is 2.80. The van der Waals surface area contributed by atoms with Crippen LogP contribution in [0.25, 0.3) is 0 Å². The SMILES string of the molecule is Cc1nnc(NC(=O)Cn2nc(C)c(N)c2C)s1. The molecule has 18 heavy (non-hydrogen) atoms. The van der Waals surface area contributed by atoms with E-state index in [1.165, 1.54) is 11.3 Å². The maximum atomic E-state index is 11.8. The third-order valence-corrected chi connectivity index (χ3v) is 3.26. The Morgan fingerprint density at radius 2 is 2.11 bits per heavy atom. The van der Waals surface area contributed by atoms with Crippen LogP contribution in [-0.2, 0) is 11.3 Å². The molecule has 0 unspecified atom stereocenters. The molecule has 2 rings (SSSR count). The highest BCUT2D eigenvalue weighted by Gasteiger charge is 2.12. The van der Waals surface area contributed by atoms with Crippen molar-refractivity contribution in [2.45, 2.75) is 27.3 Å². The van der Waals surface area contributed by atoms with Gasteiger partial charge in [-0.2, -0.15) is 5.10 Å². The van der Waals surface area contributed by atoms with Gasteiger partial charge in [0.2, 0.25) is 11.0 Å². The minimum Gasteiger partial charge on any atom is -0.396 e. The Kier molecular flexibility index (Phi) is 3.28. The highest BCUT2D eigenvalue weighted by atomic mass is 32.1. The van der Waals surface area contributed by atoms with Crippen molar-refractivity contribution in [1.82, 2.24) is 20.0 Å². The molecule has 0 radical (unpaired) electrons. The number of hydrogen-bond donors (Lipinski definition) is 2. The zero-order valence-electron chi connectivity index (χ0n) is 10.4. The second-order valence-electron chi connectivity index (χ2n) is 3.92. The molecule has 7 nitrogen and oxygen atoms in total. The molecule has 0 aromatic carbocycles. The lowest BCUT2D eigenvalue weighted by molar-refractivity contribution is -0.116. The van der Waals surface area contributed by atoms with Crippen LogP contribution in [0.5, 0.6) is 0 Å². The average molecular weight is 266 g/mol. The molecule has 96 valence electrons. The summed E-state index contributed by atoms with van der Waals surface area (Å²) in [6, 6.07) is 0. The smallest absolute Gasteiger partial charge is 0.247 e. The summed E-state index contributed by atoms with van der Waals surface area (Å²) in [4.78, 5) is 11.8. The van der Waals surface area contributed by atoms with Gasteiger partial charge in [0.15, 0.2) is 0 Å². The molecule has 0 saturated heterocycles. The van der Waals surface area contributed by atoms with Gasteiger partial charge in [-0.3, -0.25) is 14.8 Å². The number of nitrogens with two attached hydrogens (primary N) is 1. The summed E-state index contributed by atoms with van der Waals surface area (Å²) < 4.78 is 1.58. The number of nitrogen functional groups attached to an aromatic ring is 1. The Balaban J connectivity index is 2.05. The maximum Gasteiger partial charge on any atom is 0.247 e. The number of carbonyl (C=O) groups excluding carboxylic acids is 1. The first-order chi connectivity index (χ1) is 8.47. The Labute approximate surface area is 108 Å². The molecule has 0 bridgehead atoms. The van der Waals surface area contributed by atoms with Crippen molar-refractivity contribution < 1.29 is 4.79 Å². The molecule has 2 heterocycles. The first-order valence-corrected chi connectivity index (χ1v) is 6.18. The van der Waals surface area contributed by atoms with Gasteiger partial charge >= 0.3 is 0 Å². The van der Waals surface area contributed by atoms with Crippen LogP contribution in [0.3, 0.4) is 0 Å². The zero-order valence-corrected chi connectivity index (χ0v) is 11.2. The van der Waals surface area contributed by atoms with E-state index in [0.29, 0.717) is 10.8 Å².